The minimum Gasteiger partial charge on any atom is -0.481 e. The Labute approximate surface area is 211 Å². The maximum Gasteiger partial charge on any atom is 0.305 e. The zero-order valence-corrected chi connectivity index (χ0v) is 20.8. The number of furan rings is 1. The molecule has 36 heavy (non-hydrogen) atoms. The maximum absolute atomic E-state index is 12.3. The summed E-state index contributed by atoms with van der Waals surface area (Å²) in [6, 6.07) is 15.0. The number of aryl methyl sites for hydroxylation is 1. The molecule has 3 aromatic rings. The molecule has 1 aromatic carbocycles. The van der Waals surface area contributed by atoms with Gasteiger partial charge in [0.2, 0.25) is 5.88 Å². The fourth-order valence-electron chi connectivity index (χ4n) is 4.80. The fourth-order valence-corrected chi connectivity index (χ4v) is 4.80. The highest BCUT2D eigenvalue weighted by molar-refractivity contribution is 5.94. The molecule has 3 N–H and O–H groups in total. The van der Waals surface area contributed by atoms with Crippen molar-refractivity contribution in [3.05, 3.63) is 65.4 Å². The molecule has 1 atom stereocenters. The van der Waals surface area contributed by atoms with E-state index in [-0.39, 0.29) is 24.9 Å². The minimum atomic E-state index is -0.941. The molecule has 1 unspecified atom stereocenters. The Balaban J connectivity index is 1.55. The molecule has 8 heteroatoms. The number of amides is 1. The normalized spacial score (nSPS) is 14.7. The Morgan fingerprint density at radius 1 is 1.14 bits per heavy atom. The van der Waals surface area contributed by atoms with Crippen molar-refractivity contribution in [1.82, 2.24) is 10.3 Å². The van der Waals surface area contributed by atoms with Gasteiger partial charge in [0, 0.05) is 29.4 Å². The van der Waals surface area contributed by atoms with Gasteiger partial charge in [-0.3, -0.25) is 9.59 Å². The minimum absolute atomic E-state index is 0.0589. The molecule has 1 saturated carbocycles. The Kier molecular flexibility index (Phi) is 8.25. The van der Waals surface area contributed by atoms with Crippen LogP contribution >= 0.6 is 0 Å². The van der Waals surface area contributed by atoms with Crippen molar-refractivity contribution in [3.63, 3.8) is 0 Å². The highest BCUT2D eigenvalue weighted by Crippen LogP contribution is 2.40. The number of anilines is 1. The molecular weight excluding hydrogens is 458 g/mol. The van der Waals surface area contributed by atoms with Crippen LogP contribution in [0.2, 0.25) is 0 Å². The van der Waals surface area contributed by atoms with Gasteiger partial charge < -0.3 is 24.9 Å². The Bertz CT molecular complexity index is 1180. The van der Waals surface area contributed by atoms with Gasteiger partial charge >= 0.3 is 5.97 Å². The molecule has 1 aliphatic rings. The largest absolute Gasteiger partial charge is 0.481 e. The SMILES string of the molecule is COc1cccc(-c2cc(C(Nc3ccc(C(=O)NCCC(=O)O)cc3)C3CCCCC3)c(C)o2)n1. The van der Waals surface area contributed by atoms with Crippen LogP contribution in [0, 0.1) is 12.8 Å². The number of pyridine rings is 1. The van der Waals surface area contributed by atoms with E-state index in [0.717, 1.165) is 35.5 Å². The van der Waals surface area contributed by atoms with E-state index in [1.54, 1.807) is 19.2 Å². The number of ether oxygens (including phenoxy) is 1. The number of carboxylic acid groups (broad SMARTS) is 1. The number of hydrogen-bond acceptors (Lipinski definition) is 6. The second-order valence-electron chi connectivity index (χ2n) is 9.18. The molecule has 0 saturated heterocycles. The summed E-state index contributed by atoms with van der Waals surface area (Å²) in [7, 11) is 1.60. The molecule has 190 valence electrons. The second kappa shape index (κ2) is 11.7. The molecule has 0 aliphatic heterocycles. The van der Waals surface area contributed by atoms with E-state index in [4.69, 9.17) is 14.3 Å². The summed E-state index contributed by atoms with van der Waals surface area (Å²) in [6.07, 6.45) is 5.85. The predicted molar refractivity (Wildman–Crippen MR) is 137 cm³/mol. The van der Waals surface area contributed by atoms with Crippen LogP contribution in [0.4, 0.5) is 5.69 Å². The van der Waals surface area contributed by atoms with Crippen LogP contribution in [0.3, 0.4) is 0 Å². The van der Waals surface area contributed by atoms with Gasteiger partial charge in [-0.15, -0.1) is 0 Å². The van der Waals surface area contributed by atoms with E-state index < -0.39 is 5.97 Å². The molecule has 4 rings (SSSR count). The zero-order chi connectivity index (χ0) is 25.5. The number of nitrogens with zero attached hydrogens (tertiary/aromatic N) is 1. The lowest BCUT2D eigenvalue weighted by Gasteiger charge is -2.31. The van der Waals surface area contributed by atoms with E-state index in [9.17, 15) is 9.59 Å². The average Bonchev–Trinajstić information content (AvgIpc) is 3.29. The first kappa shape index (κ1) is 25.3. The van der Waals surface area contributed by atoms with E-state index >= 15 is 0 Å². The van der Waals surface area contributed by atoms with Crippen molar-refractivity contribution in [2.24, 2.45) is 5.92 Å². The highest BCUT2D eigenvalue weighted by Gasteiger charge is 2.29. The summed E-state index contributed by atoms with van der Waals surface area (Å²) in [5.74, 6) is 1.33. The third-order valence-corrected chi connectivity index (χ3v) is 6.69. The summed E-state index contributed by atoms with van der Waals surface area (Å²) < 4.78 is 11.4. The van der Waals surface area contributed by atoms with Crippen LogP contribution in [-0.2, 0) is 4.79 Å². The van der Waals surface area contributed by atoms with Gasteiger partial charge in [0.1, 0.15) is 11.5 Å². The van der Waals surface area contributed by atoms with Crippen molar-refractivity contribution in [2.45, 2.75) is 51.5 Å². The number of methoxy groups -OCH3 is 1. The molecule has 0 bridgehead atoms. The van der Waals surface area contributed by atoms with E-state index in [1.807, 2.05) is 37.3 Å². The summed E-state index contributed by atoms with van der Waals surface area (Å²) in [5.41, 5.74) is 3.24. The lowest BCUT2D eigenvalue weighted by Crippen LogP contribution is -2.26. The zero-order valence-electron chi connectivity index (χ0n) is 20.8. The number of benzene rings is 1. The number of carbonyl (C=O) groups is 2. The van der Waals surface area contributed by atoms with E-state index in [2.05, 4.69) is 21.7 Å². The molecule has 1 aliphatic carbocycles. The smallest absolute Gasteiger partial charge is 0.305 e. The number of aromatic nitrogens is 1. The molecule has 0 spiro atoms. The monoisotopic (exact) mass is 491 g/mol. The first-order valence-corrected chi connectivity index (χ1v) is 12.4. The lowest BCUT2D eigenvalue weighted by molar-refractivity contribution is -0.136. The summed E-state index contributed by atoms with van der Waals surface area (Å²) in [4.78, 5) is 27.5. The number of carbonyl (C=O) groups excluding carboxylic acids is 1. The number of carboxylic acids is 1. The van der Waals surface area contributed by atoms with Gasteiger partial charge in [0.05, 0.1) is 19.6 Å². The molecule has 2 aromatic heterocycles. The number of hydrogen-bond donors (Lipinski definition) is 3. The summed E-state index contributed by atoms with van der Waals surface area (Å²) in [6.45, 7) is 2.09. The standard InChI is InChI=1S/C28H33N3O5/c1-18-22(17-24(36-18)23-9-6-10-25(31-23)35-2)27(19-7-4-3-5-8-19)30-21-13-11-20(12-14-21)28(34)29-16-15-26(32)33/h6,9-14,17,19,27,30H,3-5,7-8,15-16H2,1-2H3,(H,29,34)(H,32,33). The highest BCUT2D eigenvalue weighted by atomic mass is 16.5. The number of aliphatic carboxylic acids is 1. The van der Waals surface area contributed by atoms with Crippen LogP contribution < -0.4 is 15.4 Å². The van der Waals surface area contributed by atoms with Crippen molar-refractivity contribution < 1.29 is 23.8 Å². The van der Waals surface area contributed by atoms with Crippen LogP contribution in [0.15, 0.2) is 52.9 Å². The third-order valence-electron chi connectivity index (χ3n) is 6.69. The van der Waals surface area contributed by atoms with E-state index in [0.29, 0.717) is 23.1 Å². The first-order valence-electron chi connectivity index (χ1n) is 12.4. The number of rotatable bonds is 10. The number of nitrogens with one attached hydrogen (secondary N) is 2. The summed E-state index contributed by atoms with van der Waals surface area (Å²) >= 11 is 0. The van der Waals surface area contributed by atoms with Crippen LogP contribution in [0.1, 0.15) is 66.2 Å². The van der Waals surface area contributed by atoms with Gasteiger partial charge in [-0.2, -0.15) is 0 Å². The van der Waals surface area contributed by atoms with Gasteiger partial charge in [-0.25, -0.2) is 4.98 Å². The molecule has 2 heterocycles. The average molecular weight is 492 g/mol. The quantitative estimate of drug-likeness (QED) is 0.338. The van der Waals surface area contributed by atoms with Gasteiger partial charge in [-0.05, 0) is 62.1 Å². The van der Waals surface area contributed by atoms with Gasteiger partial charge in [0.15, 0.2) is 5.76 Å². The van der Waals surface area contributed by atoms with Crippen molar-refractivity contribution in [2.75, 3.05) is 19.0 Å². The van der Waals surface area contributed by atoms with Crippen molar-refractivity contribution >= 4 is 17.6 Å². The molecule has 0 radical (unpaired) electrons. The van der Waals surface area contributed by atoms with Crippen LogP contribution in [0.5, 0.6) is 5.88 Å². The Hall–Kier alpha value is -3.81. The van der Waals surface area contributed by atoms with Crippen LogP contribution in [0.25, 0.3) is 11.5 Å². The Morgan fingerprint density at radius 2 is 1.89 bits per heavy atom. The fraction of sp³-hybridized carbons (Fsp3) is 0.393. The van der Waals surface area contributed by atoms with Gasteiger partial charge in [0.25, 0.3) is 5.91 Å². The van der Waals surface area contributed by atoms with Crippen molar-refractivity contribution in [1.29, 1.82) is 0 Å². The maximum atomic E-state index is 12.3. The van der Waals surface area contributed by atoms with E-state index in [1.165, 1.54) is 19.3 Å². The molecule has 8 nitrogen and oxygen atoms in total. The second-order valence-corrected chi connectivity index (χ2v) is 9.18. The van der Waals surface area contributed by atoms with Crippen LogP contribution in [-0.4, -0.2) is 35.6 Å². The topological polar surface area (TPSA) is 114 Å². The predicted octanol–water partition coefficient (Wildman–Crippen LogP) is 5.60. The first-order chi connectivity index (χ1) is 17.4. The van der Waals surface area contributed by atoms with Crippen molar-refractivity contribution in [3.8, 4) is 17.3 Å². The Morgan fingerprint density at radius 3 is 2.58 bits per heavy atom. The molecular formula is C28H33N3O5. The van der Waals surface area contributed by atoms with Gasteiger partial charge in [-0.1, -0.05) is 25.3 Å². The molecule has 1 amide bonds. The summed E-state index contributed by atoms with van der Waals surface area (Å²) in [5, 5.41) is 15.1. The molecule has 1 fully saturated rings. The third kappa shape index (κ3) is 6.24. The lowest BCUT2D eigenvalue weighted by atomic mass is 9.81.